The third kappa shape index (κ3) is 3.68. The Morgan fingerprint density at radius 3 is 2.70 bits per heavy atom. The quantitative estimate of drug-likeness (QED) is 0.835. The van der Waals surface area contributed by atoms with Crippen LogP contribution in [0.15, 0.2) is 22.7 Å². The summed E-state index contributed by atoms with van der Waals surface area (Å²) in [7, 11) is 1.99. The number of thiazole rings is 1. The minimum absolute atomic E-state index is 0.630. The normalized spacial score (nSPS) is 11.3. The van der Waals surface area contributed by atoms with Crippen molar-refractivity contribution in [1.82, 2.24) is 10.3 Å². The van der Waals surface area contributed by atoms with Crippen LogP contribution in [0, 0.1) is 12.8 Å². The molecule has 0 spiro atoms. The van der Waals surface area contributed by atoms with E-state index < -0.39 is 0 Å². The molecule has 20 heavy (non-hydrogen) atoms. The van der Waals surface area contributed by atoms with Crippen LogP contribution in [0.2, 0.25) is 0 Å². The first-order valence-electron chi connectivity index (χ1n) is 6.91. The molecular formula is C16H21BrN2S. The highest BCUT2D eigenvalue weighted by molar-refractivity contribution is 9.10. The first-order valence-corrected chi connectivity index (χ1v) is 8.52. The van der Waals surface area contributed by atoms with Gasteiger partial charge in [0.25, 0.3) is 0 Å². The molecule has 0 unspecified atom stereocenters. The maximum Gasteiger partial charge on any atom is 0.123 e. The van der Waals surface area contributed by atoms with Gasteiger partial charge in [0.1, 0.15) is 5.01 Å². The van der Waals surface area contributed by atoms with Crippen molar-refractivity contribution in [1.29, 1.82) is 0 Å². The van der Waals surface area contributed by atoms with Crippen molar-refractivity contribution in [3.05, 3.63) is 38.8 Å². The molecule has 0 radical (unpaired) electrons. The lowest BCUT2D eigenvalue weighted by Gasteiger charge is -2.04. The summed E-state index contributed by atoms with van der Waals surface area (Å²) in [5.41, 5.74) is 3.69. The number of hydrogen-bond acceptors (Lipinski definition) is 3. The van der Waals surface area contributed by atoms with Gasteiger partial charge in [-0.15, -0.1) is 11.3 Å². The van der Waals surface area contributed by atoms with Crippen molar-refractivity contribution in [3.63, 3.8) is 0 Å². The molecule has 0 saturated heterocycles. The average Bonchev–Trinajstić information content (AvgIpc) is 2.76. The predicted octanol–water partition coefficient (Wildman–Crippen LogP) is 4.80. The third-order valence-electron chi connectivity index (χ3n) is 3.14. The van der Waals surface area contributed by atoms with Gasteiger partial charge in [0.05, 0.1) is 5.69 Å². The van der Waals surface area contributed by atoms with Gasteiger partial charge in [-0.05, 0) is 37.9 Å². The maximum atomic E-state index is 4.87. The van der Waals surface area contributed by atoms with Crippen LogP contribution in [0.25, 0.3) is 10.6 Å². The predicted molar refractivity (Wildman–Crippen MR) is 91.3 cm³/mol. The van der Waals surface area contributed by atoms with Gasteiger partial charge in [0, 0.05) is 21.5 Å². The lowest BCUT2D eigenvalue weighted by molar-refractivity contribution is 0.631. The summed E-state index contributed by atoms with van der Waals surface area (Å²) in [5.74, 6) is 0.630. The zero-order chi connectivity index (χ0) is 14.7. The van der Waals surface area contributed by atoms with E-state index in [2.05, 4.69) is 60.2 Å². The molecule has 0 atom stereocenters. The zero-order valence-corrected chi connectivity index (χ0v) is 14.9. The number of rotatable bonds is 5. The van der Waals surface area contributed by atoms with Gasteiger partial charge in [-0.2, -0.15) is 0 Å². The Balaban J connectivity index is 2.38. The molecule has 108 valence electrons. The van der Waals surface area contributed by atoms with Crippen LogP contribution >= 0.6 is 27.3 Å². The molecule has 1 N–H and O–H groups in total. The highest BCUT2D eigenvalue weighted by Gasteiger charge is 2.13. The standard InChI is InChI=1S/C16H21BrN2S/c1-10(2)7-14-15(9-18-4)20-16(19-14)12-6-5-11(3)13(17)8-12/h5-6,8,10,18H,7,9H2,1-4H3. The second-order valence-corrected chi connectivity index (χ2v) is 7.42. The molecule has 0 aliphatic carbocycles. The number of halogens is 1. The van der Waals surface area contributed by atoms with E-state index in [0.717, 1.165) is 22.4 Å². The van der Waals surface area contributed by atoms with Crippen LogP contribution in [0.5, 0.6) is 0 Å². The number of hydrogen-bond donors (Lipinski definition) is 1. The van der Waals surface area contributed by atoms with Crippen molar-refractivity contribution in [2.45, 2.75) is 33.7 Å². The Hall–Kier alpha value is -0.710. The Labute approximate surface area is 133 Å². The summed E-state index contributed by atoms with van der Waals surface area (Å²) in [5, 5.41) is 4.36. The first kappa shape index (κ1) is 15.7. The third-order valence-corrected chi connectivity index (χ3v) is 5.14. The number of aryl methyl sites for hydroxylation is 1. The molecule has 0 saturated carbocycles. The smallest absolute Gasteiger partial charge is 0.123 e. The van der Waals surface area contributed by atoms with Crippen LogP contribution in [0.4, 0.5) is 0 Å². The molecule has 0 fully saturated rings. The summed E-state index contributed by atoms with van der Waals surface area (Å²) >= 11 is 5.40. The summed E-state index contributed by atoms with van der Waals surface area (Å²) in [4.78, 5) is 6.22. The fourth-order valence-corrected chi connectivity index (χ4v) is 3.55. The van der Waals surface area contributed by atoms with Crippen molar-refractivity contribution in [2.75, 3.05) is 7.05 Å². The summed E-state index contributed by atoms with van der Waals surface area (Å²) in [6, 6.07) is 6.46. The van der Waals surface area contributed by atoms with Gasteiger partial charge >= 0.3 is 0 Å². The van der Waals surface area contributed by atoms with Gasteiger partial charge in [0.2, 0.25) is 0 Å². The van der Waals surface area contributed by atoms with E-state index in [1.54, 1.807) is 11.3 Å². The Morgan fingerprint density at radius 1 is 1.35 bits per heavy atom. The number of nitrogens with zero attached hydrogens (tertiary/aromatic N) is 1. The van der Waals surface area contributed by atoms with Gasteiger partial charge in [-0.1, -0.05) is 41.9 Å². The highest BCUT2D eigenvalue weighted by Crippen LogP contribution is 2.31. The van der Waals surface area contributed by atoms with E-state index in [9.17, 15) is 0 Å². The van der Waals surface area contributed by atoms with Crippen molar-refractivity contribution in [2.24, 2.45) is 5.92 Å². The number of nitrogens with one attached hydrogen (secondary N) is 1. The van der Waals surface area contributed by atoms with Gasteiger partial charge in [-0.3, -0.25) is 0 Å². The summed E-state index contributed by atoms with van der Waals surface area (Å²) in [6.07, 6.45) is 1.04. The average molecular weight is 353 g/mol. The molecule has 0 aliphatic heterocycles. The molecule has 4 heteroatoms. The Morgan fingerprint density at radius 2 is 2.10 bits per heavy atom. The molecule has 2 nitrogen and oxygen atoms in total. The van der Waals surface area contributed by atoms with Crippen molar-refractivity contribution >= 4 is 27.3 Å². The molecule has 2 aromatic rings. The van der Waals surface area contributed by atoms with Gasteiger partial charge in [-0.25, -0.2) is 4.98 Å². The fraction of sp³-hybridized carbons (Fsp3) is 0.438. The monoisotopic (exact) mass is 352 g/mol. The molecule has 2 rings (SSSR count). The molecule has 1 aromatic carbocycles. The first-order chi connectivity index (χ1) is 9.51. The van der Waals surface area contributed by atoms with E-state index >= 15 is 0 Å². The second kappa shape index (κ2) is 6.83. The molecule has 0 bridgehead atoms. The van der Waals surface area contributed by atoms with E-state index in [-0.39, 0.29) is 0 Å². The van der Waals surface area contributed by atoms with E-state index in [4.69, 9.17) is 4.98 Å². The number of aromatic nitrogens is 1. The van der Waals surface area contributed by atoms with Crippen LogP contribution in [-0.2, 0) is 13.0 Å². The van der Waals surface area contributed by atoms with Gasteiger partial charge < -0.3 is 5.32 Å². The van der Waals surface area contributed by atoms with Crippen molar-refractivity contribution < 1.29 is 0 Å². The SMILES string of the molecule is CNCc1sc(-c2ccc(C)c(Br)c2)nc1CC(C)C. The molecule has 0 aliphatic rings. The topological polar surface area (TPSA) is 24.9 Å². The molecule has 1 aromatic heterocycles. The minimum Gasteiger partial charge on any atom is -0.315 e. The highest BCUT2D eigenvalue weighted by atomic mass is 79.9. The fourth-order valence-electron chi connectivity index (χ4n) is 2.08. The largest absolute Gasteiger partial charge is 0.315 e. The van der Waals surface area contributed by atoms with E-state index in [0.29, 0.717) is 5.92 Å². The maximum absolute atomic E-state index is 4.87. The van der Waals surface area contributed by atoms with Gasteiger partial charge in [0.15, 0.2) is 0 Å². The van der Waals surface area contributed by atoms with E-state index in [1.807, 2.05) is 7.05 Å². The second-order valence-electron chi connectivity index (χ2n) is 5.48. The summed E-state index contributed by atoms with van der Waals surface area (Å²) < 4.78 is 1.14. The Bertz CT molecular complexity index is 590. The lowest BCUT2D eigenvalue weighted by atomic mass is 10.1. The molecule has 0 amide bonds. The van der Waals surface area contributed by atoms with E-state index in [1.165, 1.54) is 21.7 Å². The van der Waals surface area contributed by atoms with Crippen LogP contribution in [0.1, 0.15) is 30.0 Å². The van der Waals surface area contributed by atoms with Crippen LogP contribution in [-0.4, -0.2) is 12.0 Å². The lowest BCUT2D eigenvalue weighted by Crippen LogP contribution is -2.07. The molecule has 1 heterocycles. The van der Waals surface area contributed by atoms with Crippen LogP contribution < -0.4 is 5.32 Å². The van der Waals surface area contributed by atoms with Crippen LogP contribution in [0.3, 0.4) is 0 Å². The number of benzene rings is 1. The molecular weight excluding hydrogens is 332 g/mol. The Kier molecular flexibility index (Phi) is 5.35. The minimum atomic E-state index is 0.630. The summed E-state index contributed by atoms with van der Waals surface area (Å²) in [6.45, 7) is 7.48. The zero-order valence-electron chi connectivity index (χ0n) is 12.5. The van der Waals surface area contributed by atoms with Crippen molar-refractivity contribution in [3.8, 4) is 10.6 Å².